The number of hydrogen-bond acceptors (Lipinski definition) is 4. The predicted octanol–water partition coefficient (Wildman–Crippen LogP) is 3.11. The first-order valence-electron chi connectivity index (χ1n) is 8.14. The van der Waals surface area contributed by atoms with Gasteiger partial charge >= 0.3 is 6.03 Å². The molecule has 0 saturated carbocycles. The molecule has 134 valence electrons. The molecule has 1 aliphatic rings. The summed E-state index contributed by atoms with van der Waals surface area (Å²) in [5, 5.41) is 2.63. The third-order valence-electron chi connectivity index (χ3n) is 4.10. The van der Waals surface area contributed by atoms with E-state index in [9.17, 15) is 9.59 Å². The van der Waals surface area contributed by atoms with Gasteiger partial charge in [-0.3, -0.25) is 9.69 Å². The summed E-state index contributed by atoms with van der Waals surface area (Å²) in [4.78, 5) is 26.0. The van der Waals surface area contributed by atoms with Crippen LogP contribution in [0.1, 0.15) is 16.7 Å². The van der Waals surface area contributed by atoms with E-state index in [0.29, 0.717) is 11.5 Å². The quantitative estimate of drug-likeness (QED) is 0.663. The van der Waals surface area contributed by atoms with Gasteiger partial charge in [0.1, 0.15) is 5.70 Å². The van der Waals surface area contributed by atoms with E-state index >= 15 is 0 Å². The summed E-state index contributed by atoms with van der Waals surface area (Å²) in [6, 6.07) is 12.6. The SMILES string of the molecule is COc1ccc(/C=C2/NC(=O)N(Cc3cccc(C)c3)C2=O)cc1OC. The number of rotatable bonds is 5. The molecule has 2 aromatic carbocycles. The molecule has 0 atom stereocenters. The van der Waals surface area contributed by atoms with Crippen LogP contribution in [0.15, 0.2) is 48.2 Å². The van der Waals surface area contributed by atoms with Crippen molar-refractivity contribution in [2.75, 3.05) is 14.2 Å². The number of ether oxygens (including phenoxy) is 2. The molecule has 1 N–H and O–H groups in total. The number of carbonyl (C=O) groups excluding carboxylic acids is 2. The molecule has 1 fully saturated rings. The van der Waals surface area contributed by atoms with Gasteiger partial charge in [-0.05, 0) is 36.3 Å². The monoisotopic (exact) mass is 352 g/mol. The second-order valence-corrected chi connectivity index (χ2v) is 5.98. The van der Waals surface area contributed by atoms with Crippen LogP contribution in [0.3, 0.4) is 0 Å². The van der Waals surface area contributed by atoms with E-state index in [2.05, 4.69) is 5.32 Å². The van der Waals surface area contributed by atoms with Gasteiger partial charge < -0.3 is 14.8 Å². The summed E-state index contributed by atoms with van der Waals surface area (Å²) in [5.41, 5.74) is 2.94. The topological polar surface area (TPSA) is 67.9 Å². The Morgan fingerprint density at radius 2 is 1.81 bits per heavy atom. The lowest BCUT2D eigenvalue weighted by molar-refractivity contribution is -0.123. The summed E-state index contributed by atoms with van der Waals surface area (Å²) in [5.74, 6) is 0.791. The predicted molar refractivity (Wildman–Crippen MR) is 97.8 cm³/mol. The normalized spacial score (nSPS) is 15.3. The van der Waals surface area contributed by atoms with Crippen LogP contribution in [-0.4, -0.2) is 31.1 Å². The fraction of sp³-hybridized carbons (Fsp3) is 0.200. The van der Waals surface area contributed by atoms with Gasteiger partial charge in [0.05, 0.1) is 20.8 Å². The van der Waals surface area contributed by atoms with Crippen LogP contribution >= 0.6 is 0 Å². The molecule has 1 aliphatic heterocycles. The van der Waals surface area contributed by atoms with E-state index in [1.54, 1.807) is 38.5 Å². The highest BCUT2D eigenvalue weighted by Crippen LogP contribution is 2.28. The maximum Gasteiger partial charge on any atom is 0.329 e. The number of hydrogen-bond donors (Lipinski definition) is 1. The van der Waals surface area contributed by atoms with Gasteiger partial charge in [-0.1, -0.05) is 35.9 Å². The first kappa shape index (κ1) is 17.5. The van der Waals surface area contributed by atoms with Gasteiger partial charge in [0.25, 0.3) is 5.91 Å². The van der Waals surface area contributed by atoms with Crippen molar-refractivity contribution < 1.29 is 19.1 Å². The minimum atomic E-state index is -0.428. The van der Waals surface area contributed by atoms with Crippen molar-refractivity contribution in [3.8, 4) is 11.5 Å². The summed E-state index contributed by atoms with van der Waals surface area (Å²) in [7, 11) is 3.10. The minimum absolute atomic E-state index is 0.231. The Kier molecular flexibility index (Phi) is 4.93. The van der Waals surface area contributed by atoms with Crippen molar-refractivity contribution in [2.45, 2.75) is 13.5 Å². The summed E-state index contributed by atoms with van der Waals surface area (Å²) < 4.78 is 10.5. The third kappa shape index (κ3) is 3.54. The Hall–Kier alpha value is -3.28. The number of urea groups is 1. The molecule has 0 bridgehead atoms. The molecule has 0 unspecified atom stereocenters. The highest BCUT2D eigenvalue weighted by Gasteiger charge is 2.33. The number of benzene rings is 2. The number of imide groups is 1. The zero-order valence-electron chi connectivity index (χ0n) is 14.9. The maximum atomic E-state index is 12.6. The Bertz CT molecular complexity index is 889. The summed E-state index contributed by atoms with van der Waals surface area (Å²) >= 11 is 0. The molecule has 0 aliphatic carbocycles. The Morgan fingerprint density at radius 3 is 2.50 bits per heavy atom. The highest BCUT2D eigenvalue weighted by molar-refractivity contribution is 6.13. The molecule has 2 aromatic rings. The Morgan fingerprint density at radius 1 is 1.04 bits per heavy atom. The standard InChI is InChI=1S/C20H20N2O4/c1-13-5-4-6-15(9-13)12-22-19(23)16(21-20(22)24)10-14-7-8-17(25-2)18(11-14)26-3/h4-11H,12H2,1-3H3,(H,21,24)/b16-10+. The molecule has 26 heavy (non-hydrogen) atoms. The van der Waals surface area contributed by atoms with Crippen LogP contribution in [-0.2, 0) is 11.3 Å². The lowest BCUT2D eigenvalue weighted by atomic mass is 10.1. The molecule has 3 rings (SSSR count). The molecule has 1 saturated heterocycles. The van der Waals surface area contributed by atoms with Crippen molar-refractivity contribution in [3.63, 3.8) is 0 Å². The van der Waals surface area contributed by atoms with E-state index in [1.807, 2.05) is 31.2 Å². The number of nitrogens with one attached hydrogen (secondary N) is 1. The van der Waals surface area contributed by atoms with E-state index in [1.165, 1.54) is 4.90 Å². The Labute approximate surface area is 152 Å². The largest absolute Gasteiger partial charge is 0.493 e. The first-order chi connectivity index (χ1) is 12.5. The lowest BCUT2D eigenvalue weighted by Crippen LogP contribution is -2.30. The van der Waals surface area contributed by atoms with E-state index in [0.717, 1.165) is 16.7 Å². The fourth-order valence-corrected chi connectivity index (χ4v) is 2.82. The average molecular weight is 352 g/mol. The van der Waals surface area contributed by atoms with Gasteiger partial charge in [0.2, 0.25) is 0 Å². The van der Waals surface area contributed by atoms with Crippen LogP contribution in [0, 0.1) is 6.92 Å². The van der Waals surface area contributed by atoms with Crippen molar-refractivity contribution in [1.29, 1.82) is 0 Å². The van der Waals surface area contributed by atoms with Gasteiger partial charge in [0, 0.05) is 0 Å². The molecule has 6 nitrogen and oxygen atoms in total. The molecular weight excluding hydrogens is 332 g/mol. The van der Waals surface area contributed by atoms with Gasteiger partial charge in [-0.15, -0.1) is 0 Å². The lowest BCUT2D eigenvalue weighted by Gasteiger charge is -2.12. The van der Waals surface area contributed by atoms with Crippen molar-refractivity contribution in [2.24, 2.45) is 0 Å². The molecule has 0 spiro atoms. The van der Waals surface area contributed by atoms with E-state index < -0.39 is 6.03 Å². The van der Waals surface area contributed by atoms with Crippen molar-refractivity contribution in [3.05, 3.63) is 64.9 Å². The second kappa shape index (κ2) is 7.31. The summed E-state index contributed by atoms with van der Waals surface area (Å²) in [6.45, 7) is 2.20. The smallest absolute Gasteiger partial charge is 0.329 e. The molecule has 3 amide bonds. The molecule has 6 heteroatoms. The van der Waals surface area contributed by atoms with Crippen LogP contribution < -0.4 is 14.8 Å². The zero-order chi connectivity index (χ0) is 18.7. The number of nitrogens with zero attached hydrogens (tertiary/aromatic N) is 1. The molecule has 0 radical (unpaired) electrons. The average Bonchev–Trinajstić information content (AvgIpc) is 2.89. The van der Waals surface area contributed by atoms with Crippen LogP contribution in [0.25, 0.3) is 6.08 Å². The fourth-order valence-electron chi connectivity index (χ4n) is 2.82. The first-order valence-corrected chi connectivity index (χ1v) is 8.14. The minimum Gasteiger partial charge on any atom is -0.493 e. The van der Waals surface area contributed by atoms with Crippen LogP contribution in [0.5, 0.6) is 11.5 Å². The number of amides is 3. The van der Waals surface area contributed by atoms with Gasteiger partial charge in [-0.2, -0.15) is 0 Å². The summed E-state index contributed by atoms with van der Waals surface area (Å²) in [6.07, 6.45) is 1.62. The molecular formula is C20H20N2O4. The number of methoxy groups -OCH3 is 2. The molecule has 0 aromatic heterocycles. The maximum absolute atomic E-state index is 12.6. The van der Waals surface area contributed by atoms with Crippen LogP contribution in [0.2, 0.25) is 0 Å². The van der Waals surface area contributed by atoms with E-state index in [4.69, 9.17) is 9.47 Å². The van der Waals surface area contributed by atoms with Crippen LogP contribution in [0.4, 0.5) is 4.79 Å². The Balaban J connectivity index is 1.83. The van der Waals surface area contributed by atoms with Gasteiger partial charge in [-0.25, -0.2) is 4.79 Å². The number of carbonyl (C=O) groups is 2. The third-order valence-corrected chi connectivity index (χ3v) is 4.10. The molecule has 1 heterocycles. The van der Waals surface area contributed by atoms with Gasteiger partial charge in [0.15, 0.2) is 11.5 Å². The second-order valence-electron chi connectivity index (χ2n) is 5.98. The van der Waals surface area contributed by atoms with Crippen molar-refractivity contribution >= 4 is 18.0 Å². The number of aryl methyl sites for hydroxylation is 1. The highest BCUT2D eigenvalue weighted by atomic mass is 16.5. The zero-order valence-corrected chi connectivity index (χ0v) is 14.9. The van der Waals surface area contributed by atoms with Crippen molar-refractivity contribution in [1.82, 2.24) is 10.2 Å². The van der Waals surface area contributed by atoms with E-state index in [-0.39, 0.29) is 18.1 Å².